The summed E-state index contributed by atoms with van der Waals surface area (Å²) in [5.41, 5.74) is -1.31. The Kier molecular flexibility index (Phi) is 6.93. The first-order valence-corrected chi connectivity index (χ1v) is 15.5. The molecule has 2 aliphatic heterocycles. The maximum absolute atomic E-state index is 15.1. The molecule has 6 atom stereocenters. The van der Waals surface area contributed by atoms with Crippen molar-refractivity contribution in [2.75, 3.05) is 4.90 Å². The van der Waals surface area contributed by atoms with Gasteiger partial charge in [0.1, 0.15) is 11.4 Å². The van der Waals surface area contributed by atoms with Crippen LogP contribution in [0.1, 0.15) is 29.2 Å². The van der Waals surface area contributed by atoms with Crippen molar-refractivity contribution in [1.29, 1.82) is 0 Å². The van der Waals surface area contributed by atoms with E-state index in [0.29, 0.717) is 5.57 Å². The number of allylic oxidation sites excluding steroid dienone is 2. The van der Waals surface area contributed by atoms with E-state index in [0.717, 1.165) is 9.78 Å². The topological polar surface area (TPSA) is 95.0 Å². The van der Waals surface area contributed by atoms with Crippen LogP contribution in [0.2, 0.25) is 0 Å². The molecule has 3 fully saturated rings. The summed E-state index contributed by atoms with van der Waals surface area (Å²) < 4.78 is 72.7. The van der Waals surface area contributed by atoms with Gasteiger partial charge in [0.25, 0.3) is 11.8 Å². The molecule has 7 rings (SSSR count). The Morgan fingerprint density at radius 3 is 2.09 bits per heavy atom. The van der Waals surface area contributed by atoms with E-state index in [1.54, 1.807) is 23.6 Å². The number of hydrogen-bond donors (Lipinski definition) is 1. The minimum atomic E-state index is -2.61. The molecule has 15 heteroatoms. The molecule has 0 spiro atoms. The third-order valence-corrected chi connectivity index (χ3v) is 11.7. The number of phenolic OH excluding ortho intramolecular Hbond substituents is 1. The summed E-state index contributed by atoms with van der Waals surface area (Å²) in [7, 11) is 0. The second kappa shape index (κ2) is 10.3. The summed E-state index contributed by atoms with van der Waals surface area (Å²) in [6, 6.07) is 8.73. The zero-order valence-electron chi connectivity index (χ0n) is 23.1. The number of amides is 4. The number of rotatable bonds is 4. The summed E-state index contributed by atoms with van der Waals surface area (Å²) in [4.78, 5) is 52.2. The Bertz CT molecular complexity index is 1880. The van der Waals surface area contributed by atoms with Gasteiger partial charge in [0.2, 0.25) is 17.6 Å². The molecule has 1 N–H and O–H groups in total. The van der Waals surface area contributed by atoms with E-state index in [4.69, 9.17) is 23.2 Å². The van der Waals surface area contributed by atoms with E-state index in [9.17, 15) is 37.5 Å². The van der Waals surface area contributed by atoms with E-state index < -0.39 is 98.2 Å². The first-order valence-electron chi connectivity index (χ1n) is 13.9. The van der Waals surface area contributed by atoms with Crippen molar-refractivity contribution < 1.29 is 46.2 Å². The van der Waals surface area contributed by atoms with Crippen LogP contribution in [0, 0.1) is 46.8 Å². The Morgan fingerprint density at radius 1 is 0.848 bits per heavy atom. The molecule has 4 amide bonds. The first-order chi connectivity index (χ1) is 21.7. The maximum atomic E-state index is 15.1. The molecule has 1 saturated carbocycles. The van der Waals surface area contributed by atoms with Crippen molar-refractivity contribution in [2.24, 2.45) is 17.8 Å². The third-order valence-electron chi connectivity index (χ3n) is 9.43. The van der Waals surface area contributed by atoms with Crippen LogP contribution in [0.3, 0.4) is 0 Å². The largest absolute Gasteiger partial charge is 0.508 e. The van der Waals surface area contributed by atoms with E-state index in [2.05, 4.69) is 0 Å². The van der Waals surface area contributed by atoms with Crippen molar-refractivity contribution >= 4 is 63.9 Å². The van der Waals surface area contributed by atoms with Gasteiger partial charge in [-0.05, 0) is 47.9 Å². The molecule has 4 aliphatic rings. The predicted octanol–water partition coefficient (Wildman–Crippen LogP) is 5.91. The van der Waals surface area contributed by atoms with Gasteiger partial charge in [-0.2, -0.15) is 0 Å². The number of imide groups is 2. The molecule has 1 aromatic heterocycles. The molecule has 3 heterocycles. The van der Waals surface area contributed by atoms with Crippen LogP contribution >= 0.6 is 34.5 Å². The van der Waals surface area contributed by atoms with Crippen LogP contribution in [-0.4, -0.2) is 43.4 Å². The van der Waals surface area contributed by atoms with Crippen LogP contribution in [-0.2, 0) is 25.7 Å². The van der Waals surface area contributed by atoms with Gasteiger partial charge in [0.05, 0.1) is 18.4 Å². The first kappa shape index (κ1) is 30.8. The van der Waals surface area contributed by atoms with Crippen molar-refractivity contribution in [2.45, 2.75) is 35.1 Å². The second-order valence-electron chi connectivity index (χ2n) is 11.6. The fourth-order valence-corrected chi connectivity index (χ4v) is 9.01. The highest BCUT2D eigenvalue weighted by atomic mass is 35.5. The van der Waals surface area contributed by atoms with Crippen LogP contribution in [0.15, 0.2) is 53.4 Å². The number of halogens is 7. The lowest BCUT2D eigenvalue weighted by molar-refractivity contribution is -0.141. The number of carbonyl (C=O) groups excluding carboxylic acids is 4. The molecule has 3 aromatic rings. The van der Waals surface area contributed by atoms with E-state index in [1.807, 2.05) is 0 Å². The van der Waals surface area contributed by atoms with Crippen molar-refractivity contribution in [3.8, 4) is 5.75 Å². The number of hydrogen-bond acceptors (Lipinski definition) is 6. The standard InChI is InChI=1S/C31H19Cl2F5N2O5S/c32-30-10-17-15(7-8-16-18(17)27(43)39(26(16)42)11-14-2-1-9-46-14)19(12-3-5-13(41)6-4-12)31(30,33)29(45)40(28(30)44)25-23(37)21(35)20(34)22(36)24(25)38/h1-7,9,16-19,41H,8,10-11H2/t16-,17+,18-,19-,30+,31-/m0/s1. The van der Waals surface area contributed by atoms with Gasteiger partial charge in [-0.1, -0.05) is 29.8 Å². The fourth-order valence-electron chi connectivity index (χ4n) is 7.39. The number of phenols is 1. The number of likely N-dealkylation sites (tertiary alicyclic amines) is 1. The number of fused-ring (bicyclic) bond motifs is 4. The van der Waals surface area contributed by atoms with Crippen LogP contribution in [0.4, 0.5) is 27.6 Å². The summed E-state index contributed by atoms with van der Waals surface area (Å²) in [5.74, 6) is -20.8. The molecular weight excluding hydrogens is 678 g/mol. The Labute approximate surface area is 270 Å². The number of nitrogens with zero attached hydrogens (tertiary/aromatic N) is 2. The number of alkyl halides is 2. The molecular formula is C31H19Cl2F5N2O5S. The minimum Gasteiger partial charge on any atom is -0.508 e. The zero-order chi connectivity index (χ0) is 33.0. The Hall–Kier alpha value is -3.81. The maximum Gasteiger partial charge on any atom is 0.258 e. The van der Waals surface area contributed by atoms with Crippen molar-refractivity contribution in [1.82, 2.24) is 4.90 Å². The van der Waals surface area contributed by atoms with Crippen LogP contribution in [0.5, 0.6) is 5.75 Å². The minimum absolute atomic E-state index is 0.00266. The molecule has 7 nitrogen and oxygen atoms in total. The molecule has 2 aliphatic carbocycles. The number of carbonyl (C=O) groups is 4. The van der Waals surface area contributed by atoms with Gasteiger partial charge in [0.15, 0.2) is 33.0 Å². The SMILES string of the molecule is O=C1[C@H]2[C@H](CC=C3[C@H]2C[C@@]2(Cl)C(=O)N(c4c(F)c(F)c(F)c(F)c4F)C(=O)[C@@]2(Cl)[C@H]3c2ccc(O)cc2)C(=O)N1Cc1cccs1. The molecule has 0 bridgehead atoms. The fraction of sp³-hybridized carbons (Fsp3) is 0.290. The average molecular weight is 697 g/mol. The van der Waals surface area contributed by atoms with Crippen molar-refractivity contribution in [3.63, 3.8) is 0 Å². The number of thiophene rings is 1. The summed E-state index contributed by atoms with van der Waals surface area (Å²) in [6.45, 7) is 0.00266. The molecule has 0 unspecified atom stereocenters. The number of anilines is 1. The third kappa shape index (κ3) is 3.88. The monoisotopic (exact) mass is 696 g/mol. The van der Waals surface area contributed by atoms with Crippen LogP contribution in [0.25, 0.3) is 0 Å². The molecule has 46 heavy (non-hydrogen) atoms. The number of benzene rings is 2. The van der Waals surface area contributed by atoms with Gasteiger partial charge >= 0.3 is 0 Å². The average Bonchev–Trinajstić information content (AvgIpc) is 3.67. The highest BCUT2D eigenvalue weighted by molar-refractivity contribution is 7.09. The van der Waals surface area contributed by atoms with Crippen LogP contribution < -0.4 is 4.90 Å². The highest BCUT2D eigenvalue weighted by Crippen LogP contribution is 2.66. The normalized spacial score (nSPS) is 30.5. The second-order valence-corrected chi connectivity index (χ2v) is 13.9. The number of aromatic hydroxyl groups is 1. The predicted molar refractivity (Wildman–Crippen MR) is 154 cm³/mol. The molecule has 238 valence electrons. The van der Waals surface area contributed by atoms with Crippen molar-refractivity contribution in [3.05, 3.63) is 93.0 Å². The van der Waals surface area contributed by atoms with E-state index >= 15 is 8.78 Å². The summed E-state index contributed by atoms with van der Waals surface area (Å²) >= 11 is 15.4. The molecule has 2 saturated heterocycles. The van der Waals surface area contributed by atoms with Gasteiger partial charge in [-0.25, -0.2) is 26.9 Å². The van der Waals surface area contributed by atoms with Gasteiger partial charge in [-0.3, -0.25) is 24.1 Å². The Balaban J connectivity index is 1.40. The van der Waals surface area contributed by atoms with Gasteiger partial charge in [0, 0.05) is 10.8 Å². The zero-order valence-corrected chi connectivity index (χ0v) is 25.4. The van der Waals surface area contributed by atoms with Gasteiger partial charge in [-0.15, -0.1) is 34.5 Å². The summed E-state index contributed by atoms with van der Waals surface area (Å²) in [6.07, 6.45) is 1.08. The van der Waals surface area contributed by atoms with Gasteiger partial charge < -0.3 is 5.11 Å². The summed E-state index contributed by atoms with van der Waals surface area (Å²) in [5, 5.41) is 11.7. The lowest BCUT2D eigenvalue weighted by Gasteiger charge is -2.50. The van der Waals surface area contributed by atoms with E-state index in [-0.39, 0.29) is 29.2 Å². The molecule has 2 aromatic carbocycles. The lowest BCUT2D eigenvalue weighted by Crippen LogP contribution is -2.60. The van der Waals surface area contributed by atoms with E-state index in [1.165, 1.54) is 35.6 Å². The lowest BCUT2D eigenvalue weighted by atomic mass is 9.56. The highest BCUT2D eigenvalue weighted by Gasteiger charge is 2.77. The quantitative estimate of drug-likeness (QED) is 0.0914. The molecule has 0 radical (unpaired) electrons. The Morgan fingerprint density at radius 2 is 1.48 bits per heavy atom. The smallest absolute Gasteiger partial charge is 0.258 e.